The van der Waals surface area contributed by atoms with Gasteiger partial charge in [-0.3, -0.25) is 0 Å². The number of allylic oxidation sites excluding steroid dienone is 1. The van der Waals surface area contributed by atoms with Crippen LogP contribution >= 0.6 is 11.8 Å². The molecule has 1 aliphatic rings. The summed E-state index contributed by atoms with van der Waals surface area (Å²) in [6.07, 6.45) is 2.13. The lowest BCUT2D eigenvalue weighted by atomic mass is 10.0. The first-order valence-electron chi connectivity index (χ1n) is 10.0. The minimum atomic E-state index is 0.218. The van der Waals surface area contributed by atoms with Crippen LogP contribution in [0.15, 0.2) is 40.8 Å². The van der Waals surface area contributed by atoms with Crippen molar-refractivity contribution in [3.8, 4) is 6.07 Å². The third-order valence-corrected chi connectivity index (χ3v) is 5.50. The van der Waals surface area contributed by atoms with E-state index in [0.29, 0.717) is 34.2 Å². The molecule has 1 atom stereocenters. The molecule has 0 amide bonds. The second-order valence-electron chi connectivity index (χ2n) is 7.53. The molecule has 1 aliphatic heterocycles. The Morgan fingerprint density at radius 3 is 2.50 bits per heavy atom. The van der Waals surface area contributed by atoms with Crippen LogP contribution in [-0.4, -0.2) is 28.0 Å². The SMILES string of the molecule is CNc1nc(NC(C)CCC(C)C)nc(/C(C#N)=C2/NC(c3ccccc3)=CS2)n1. The summed E-state index contributed by atoms with van der Waals surface area (Å²) in [6.45, 7) is 6.53. The Morgan fingerprint density at radius 2 is 1.83 bits per heavy atom. The van der Waals surface area contributed by atoms with Gasteiger partial charge in [0.05, 0.1) is 10.7 Å². The van der Waals surface area contributed by atoms with E-state index in [2.05, 4.69) is 57.7 Å². The number of aromatic nitrogens is 3. The highest BCUT2D eigenvalue weighted by molar-refractivity contribution is 8.06. The van der Waals surface area contributed by atoms with Crippen molar-refractivity contribution in [3.05, 3.63) is 52.2 Å². The summed E-state index contributed by atoms with van der Waals surface area (Å²) in [7, 11) is 1.75. The zero-order valence-electron chi connectivity index (χ0n) is 17.7. The largest absolute Gasteiger partial charge is 0.357 e. The predicted molar refractivity (Wildman–Crippen MR) is 124 cm³/mol. The normalized spacial score (nSPS) is 15.8. The number of benzene rings is 1. The molecule has 0 saturated carbocycles. The van der Waals surface area contributed by atoms with Crippen LogP contribution in [0, 0.1) is 17.2 Å². The van der Waals surface area contributed by atoms with E-state index >= 15 is 0 Å². The molecule has 2 heterocycles. The average molecular weight is 422 g/mol. The molecule has 3 rings (SSSR count). The van der Waals surface area contributed by atoms with Crippen molar-refractivity contribution in [3.63, 3.8) is 0 Å². The molecule has 8 heteroatoms. The van der Waals surface area contributed by atoms with E-state index in [4.69, 9.17) is 0 Å². The van der Waals surface area contributed by atoms with Gasteiger partial charge in [-0.15, -0.1) is 0 Å². The van der Waals surface area contributed by atoms with Gasteiger partial charge in [-0.05, 0) is 31.2 Å². The fraction of sp³-hybridized carbons (Fsp3) is 0.364. The van der Waals surface area contributed by atoms with Gasteiger partial charge in [-0.25, -0.2) is 0 Å². The molecule has 3 N–H and O–H groups in total. The Kier molecular flexibility index (Phi) is 7.31. The Hall–Kier alpha value is -3.05. The second kappa shape index (κ2) is 10.1. The molecule has 0 aliphatic carbocycles. The van der Waals surface area contributed by atoms with Crippen LogP contribution < -0.4 is 16.0 Å². The lowest BCUT2D eigenvalue weighted by Crippen LogP contribution is -2.19. The Bertz CT molecular complexity index is 977. The molecule has 0 fully saturated rings. The van der Waals surface area contributed by atoms with E-state index in [9.17, 15) is 5.26 Å². The molecule has 156 valence electrons. The quantitative estimate of drug-likeness (QED) is 0.529. The predicted octanol–water partition coefficient (Wildman–Crippen LogP) is 4.68. The van der Waals surface area contributed by atoms with Gasteiger partial charge in [0.2, 0.25) is 11.9 Å². The number of thioether (sulfide) groups is 1. The average Bonchev–Trinajstić information content (AvgIpc) is 3.23. The standard InChI is InChI=1S/C22H27N7S/c1-14(2)10-11-15(3)25-22-28-19(27-21(24-4)29-22)17(12-23)20-26-18(13-30-20)16-8-6-5-7-9-16/h5-9,13-15,26H,10-11H2,1-4H3,(H2,24,25,27,28,29)/b20-17-. The molecule has 1 aromatic carbocycles. The molecular weight excluding hydrogens is 394 g/mol. The van der Waals surface area contributed by atoms with Crippen molar-refractivity contribution in [2.75, 3.05) is 17.7 Å². The van der Waals surface area contributed by atoms with Crippen molar-refractivity contribution < 1.29 is 0 Å². The lowest BCUT2D eigenvalue weighted by molar-refractivity contribution is 0.526. The molecule has 7 nitrogen and oxygen atoms in total. The molecule has 30 heavy (non-hydrogen) atoms. The third-order valence-electron chi connectivity index (χ3n) is 4.60. The Balaban J connectivity index is 1.84. The molecule has 1 unspecified atom stereocenters. The molecular formula is C22H27N7S. The molecule has 0 spiro atoms. The van der Waals surface area contributed by atoms with Crippen LogP contribution in [0.2, 0.25) is 0 Å². The minimum Gasteiger partial charge on any atom is -0.357 e. The Labute approximate surface area is 182 Å². The first-order valence-corrected chi connectivity index (χ1v) is 10.9. The van der Waals surface area contributed by atoms with E-state index in [1.165, 1.54) is 11.8 Å². The maximum Gasteiger partial charge on any atom is 0.228 e. The molecule has 0 radical (unpaired) electrons. The summed E-state index contributed by atoms with van der Waals surface area (Å²) < 4.78 is 0. The van der Waals surface area contributed by atoms with Gasteiger partial charge < -0.3 is 16.0 Å². The zero-order chi connectivity index (χ0) is 21.5. The van der Waals surface area contributed by atoms with Crippen LogP contribution in [-0.2, 0) is 0 Å². The first-order chi connectivity index (χ1) is 14.5. The molecule has 0 bridgehead atoms. The van der Waals surface area contributed by atoms with E-state index < -0.39 is 0 Å². The summed E-state index contributed by atoms with van der Waals surface area (Å²) in [5, 5.41) is 22.2. The summed E-state index contributed by atoms with van der Waals surface area (Å²) >= 11 is 1.46. The molecule has 0 saturated heterocycles. The van der Waals surface area contributed by atoms with Crippen molar-refractivity contribution >= 4 is 34.9 Å². The Morgan fingerprint density at radius 1 is 1.10 bits per heavy atom. The number of hydrogen-bond donors (Lipinski definition) is 3. The smallest absolute Gasteiger partial charge is 0.228 e. The summed E-state index contributed by atoms with van der Waals surface area (Å²) in [4.78, 5) is 13.4. The lowest BCUT2D eigenvalue weighted by Gasteiger charge is -2.16. The first kappa shape index (κ1) is 21.7. The van der Waals surface area contributed by atoms with Crippen LogP contribution in [0.25, 0.3) is 11.3 Å². The summed E-state index contributed by atoms with van der Waals surface area (Å²) in [6, 6.07) is 12.5. The second-order valence-corrected chi connectivity index (χ2v) is 8.41. The van der Waals surface area contributed by atoms with Crippen molar-refractivity contribution in [1.29, 1.82) is 5.26 Å². The zero-order valence-corrected chi connectivity index (χ0v) is 18.5. The van der Waals surface area contributed by atoms with Crippen molar-refractivity contribution in [2.24, 2.45) is 5.92 Å². The number of hydrogen-bond acceptors (Lipinski definition) is 8. The van der Waals surface area contributed by atoms with Gasteiger partial charge in [0, 0.05) is 18.5 Å². The highest BCUT2D eigenvalue weighted by Gasteiger charge is 2.21. The topological polar surface area (TPSA) is 98.5 Å². The minimum absolute atomic E-state index is 0.218. The molecule has 1 aromatic heterocycles. The highest BCUT2D eigenvalue weighted by atomic mass is 32.2. The van der Waals surface area contributed by atoms with Gasteiger partial charge >= 0.3 is 0 Å². The van der Waals surface area contributed by atoms with Gasteiger partial charge in [0.1, 0.15) is 11.6 Å². The van der Waals surface area contributed by atoms with Crippen LogP contribution in [0.3, 0.4) is 0 Å². The van der Waals surface area contributed by atoms with Gasteiger partial charge in [-0.1, -0.05) is 55.9 Å². The fourth-order valence-electron chi connectivity index (χ4n) is 2.92. The van der Waals surface area contributed by atoms with E-state index in [0.717, 1.165) is 24.1 Å². The number of nitrogens with one attached hydrogen (secondary N) is 3. The maximum atomic E-state index is 9.85. The van der Waals surface area contributed by atoms with Crippen molar-refractivity contribution in [1.82, 2.24) is 20.3 Å². The number of nitriles is 1. The number of nitrogens with zero attached hydrogens (tertiary/aromatic N) is 4. The summed E-state index contributed by atoms with van der Waals surface area (Å²) in [5.41, 5.74) is 2.40. The fourth-order valence-corrected chi connectivity index (χ4v) is 3.78. The maximum absolute atomic E-state index is 9.85. The monoisotopic (exact) mass is 421 g/mol. The van der Waals surface area contributed by atoms with Crippen molar-refractivity contribution in [2.45, 2.75) is 39.7 Å². The van der Waals surface area contributed by atoms with Gasteiger partial charge in [0.15, 0.2) is 5.82 Å². The van der Waals surface area contributed by atoms with E-state index in [1.807, 2.05) is 35.7 Å². The third kappa shape index (κ3) is 5.51. The van der Waals surface area contributed by atoms with Gasteiger partial charge in [0.25, 0.3) is 0 Å². The van der Waals surface area contributed by atoms with E-state index in [-0.39, 0.29) is 6.04 Å². The van der Waals surface area contributed by atoms with Crippen LogP contribution in [0.1, 0.15) is 45.0 Å². The van der Waals surface area contributed by atoms with Crippen LogP contribution in [0.4, 0.5) is 11.9 Å². The van der Waals surface area contributed by atoms with E-state index in [1.54, 1.807) is 7.05 Å². The van der Waals surface area contributed by atoms with Crippen LogP contribution in [0.5, 0.6) is 0 Å². The highest BCUT2D eigenvalue weighted by Crippen LogP contribution is 2.34. The van der Waals surface area contributed by atoms with Gasteiger partial charge in [-0.2, -0.15) is 20.2 Å². The number of anilines is 2. The summed E-state index contributed by atoms with van der Waals surface area (Å²) in [5.74, 6) is 1.87. The number of rotatable bonds is 8. The molecule has 2 aromatic rings.